The molecule has 15 heavy (non-hydrogen) atoms. The van der Waals surface area contributed by atoms with Crippen molar-refractivity contribution < 1.29 is 0 Å². The Balaban J connectivity index is 2.74. The average molecular weight is 291 g/mol. The molecule has 86 valence electrons. The van der Waals surface area contributed by atoms with E-state index in [9.17, 15) is 0 Å². The van der Waals surface area contributed by atoms with Crippen molar-refractivity contribution in [3.63, 3.8) is 0 Å². The molecule has 3 N–H and O–H groups in total. The second-order valence-corrected chi connectivity index (χ2v) is 5.96. The summed E-state index contributed by atoms with van der Waals surface area (Å²) >= 11 is 5.35. The van der Waals surface area contributed by atoms with Crippen molar-refractivity contribution in [2.45, 2.75) is 39.3 Å². The topological polar surface area (TPSA) is 38.0 Å². The standard InChI is InChI=1S/C11H19BrN2S/c1-4-7(2)14-10(6-13)11-5-9(12)8(3)15-11/h5,7,10,14H,4,6,13H2,1-3H3. The summed E-state index contributed by atoms with van der Waals surface area (Å²) in [7, 11) is 0. The normalized spacial score (nSPS) is 15.3. The highest BCUT2D eigenvalue weighted by Gasteiger charge is 2.15. The summed E-state index contributed by atoms with van der Waals surface area (Å²) in [5.41, 5.74) is 5.80. The molecule has 1 aromatic rings. The van der Waals surface area contributed by atoms with Crippen molar-refractivity contribution in [3.8, 4) is 0 Å². The van der Waals surface area contributed by atoms with E-state index in [-0.39, 0.29) is 6.04 Å². The molecule has 0 aromatic carbocycles. The molecule has 1 heterocycles. The van der Waals surface area contributed by atoms with E-state index in [2.05, 4.69) is 48.1 Å². The lowest BCUT2D eigenvalue weighted by Gasteiger charge is -2.20. The van der Waals surface area contributed by atoms with Gasteiger partial charge < -0.3 is 11.1 Å². The number of hydrogen-bond donors (Lipinski definition) is 2. The molecule has 0 radical (unpaired) electrons. The number of aryl methyl sites for hydroxylation is 1. The van der Waals surface area contributed by atoms with Crippen LogP contribution in [0.1, 0.15) is 36.1 Å². The lowest BCUT2D eigenvalue weighted by atomic mass is 10.2. The van der Waals surface area contributed by atoms with Crippen LogP contribution in [0.2, 0.25) is 0 Å². The number of nitrogens with one attached hydrogen (secondary N) is 1. The van der Waals surface area contributed by atoms with Gasteiger partial charge in [0.2, 0.25) is 0 Å². The van der Waals surface area contributed by atoms with E-state index >= 15 is 0 Å². The molecule has 0 aliphatic carbocycles. The maximum Gasteiger partial charge on any atom is 0.0541 e. The lowest BCUT2D eigenvalue weighted by Crippen LogP contribution is -2.34. The van der Waals surface area contributed by atoms with Crippen LogP contribution in [0.15, 0.2) is 10.5 Å². The predicted octanol–water partition coefficient (Wildman–Crippen LogP) is 3.21. The number of thiophene rings is 1. The molecule has 0 amide bonds. The Morgan fingerprint density at radius 1 is 1.60 bits per heavy atom. The molecule has 1 rings (SSSR count). The smallest absolute Gasteiger partial charge is 0.0541 e. The summed E-state index contributed by atoms with van der Waals surface area (Å²) in [6.45, 7) is 7.14. The fourth-order valence-electron chi connectivity index (χ4n) is 1.38. The van der Waals surface area contributed by atoms with Crippen molar-refractivity contribution in [1.82, 2.24) is 5.32 Å². The first-order chi connectivity index (χ1) is 7.08. The maximum atomic E-state index is 5.80. The van der Waals surface area contributed by atoms with E-state index in [4.69, 9.17) is 5.73 Å². The van der Waals surface area contributed by atoms with Gasteiger partial charge in [0.25, 0.3) is 0 Å². The van der Waals surface area contributed by atoms with Crippen LogP contribution in [-0.4, -0.2) is 12.6 Å². The molecule has 0 saturated heterocycles. The molecule has 0 fully saturated rings. The highest BCUT2D eigenvalue weighted by Crippen LogP contribution is 2.30. The van der Waals surface area contributed by atoms with Gasteiger partial charge in [-0.05, 0) is 42.3 Å². The van der Waals surface area contributed by atoms with Gasteiger partial charge in [-0.1, -0.05) is 6.92 Å². The summed E-state index contributed by atoms with van der Waals surface area (Å²) in [6, 6.07) is 2.97. The number of rotatable bonds is 5. The first-order valence-corrected chi connectivity index (χ1v) is 6.91. The fourth-order valence-corrected chi connectivity index (χ4v) is 3.02. The van der Waals surface area contributed by atoms with Gasteiger partial charge in [0.1, 0.15) is 0 Å². The minimum absolute atomic E-state index is 0.287. The largest absolute Gasteiger partial charge is 0.329 e. The minimum Gasteiger partial charge on any atom is -0.329 e. The zero-order valence-electron chi connectivity index (χ0n) is 9.51. The molecule has 0 aliphatic heterocycles. The highest BCUT2D eigenvalue weighted by atomic mass is 79.9. The Hall–Kier alpha value is 0.1000. The monoisotopic (exact) mass is 290 g/mol. The third-order valence-corrected chi connectivity index (χ3v) is 4.80. The third-order valence-electron chi connectivity index (χ3n) is 2.55. The van der Waals surface area contributed by atoms with Crippen LogP contribution in [0, 0.1) is 6.92 Å². The van der Waals surface area contributed by atoms with Gasteiger partial charge in [-0.2, -0.15) is 0 Å². The molecular weight excluding hydrogens is 272 g/mol. The quantitative estimate of drug-likeness (QED) is 0.874. The van der Waals surface area contributed by atoms with Gasteiger partial charge in [-0.3, -0.25) is 0 Å². The second kappa shape index (κ2) is 5.99. The van der Waals surface area contributed by atoms with Gasteiger partial charge >= 0.3 is 0 Å². The Kier molecular flexibility index (Phi) is 5.26. The van der Waals surface area contributed by atoms with Gasteiger partial charge in [0.05, 0.1) is 6.04 Å². The van der Waals surface area contributed by atoms with E-state index < -0.39 is 0 Å². The van der Waals surface area contributed by atoms with E-state index in [1.165, 1.54) is 14.2 Å². The van der Waals surface area contributed by atoms with Crippen molar-refractivity contribution in [3.05, 3.63) is 20.3 Å². The zero-order valence-corrected chi connectivity index (χ0v) is 11.9. The molecular formula is C11H19BrN2S. The van der Waals surface area contributed by atoms with Crippen LogP contribution < -0.4 is 11.1 Å². The van der Waals surface area contributed by atoms with Crippen LogP contribution >= 0.6 is 27.3 Å². The van der Waals surface area contributed by atoms with E-state index in [1.54, 1.807) is 0 Å². The van der Waals surface area contributed by atoms with Crippen molar-refractivity contribution in [1.29, 1.82) is 0 Å². The third kappa shape index (κ3) is 3.55. The fraction of sp³-hybridized carbons (Fsp3) is 0.636. The number of hydrogen-bond acceptors (Lipinski definition) is 3. The Morgan fingerprint density at radius 2 is 2.27 bits per heavy atom. The average Bonchev–Trinajstić information content (AvgIpc) is 2.55. The molecule has 4 heteroatoms. The van der Waals surface area contributed by atoms with Crippen LogP contribution in [0.5, 0.6) is 0 Å². The number of halogens is 1. The highest BCUT2D eigenvalue weighted by molar-refractivity contribution is 9.10. The zero-order chi connectivity index (χ0) is 11.4. The van der Waals surface area contributed by atoms with E-state index in [0.29, 0.717) is 12.6 Å². The van der Waals surface area contributed by atoms with Gasteiger partial charge in [-0.25, -0.2) is 0 Å². The molecule has 1 aromatic heterocycles. The first-order valence-electron chi connectivity index (χ1n) is 5.30. The van der Waals surface area contributed by atoms with Gasteiger partial charge in [0.15, 0.2) is 0 Å². The summed E-state index contributed by atoms with van der Waals surface area (Å²) in [5.74, 6) is 0. The van der Waals surface area contributed by atoms with Crippen molar-refractivity contribution in [2.24, 2.45) is 5.73 Å². The molecule has 2 atom stereocenters. The Bertz CT molecular complexity index is 292. The SMILES string of the molecule is CCC(C)NC(CN)c1cc(Br)c(C)s1. The van der Waals surface area contributed by atoms with Crippen LogP contribution in [0.25, 0.3) is 0 Å². The molecule has 2 nitrogen and oxygen atoms in total. The van der Waals surface area contributed by atoms with E-state index in [0.717, 1.165) is 6.42 Å². The maximum absolute atomic E-state index is 5.80. The summed E-state index contributed by atoms with van der Waals surface area (Å²) in [5, 5.41) is 3.54. The second-order valence-electron chi connectivity index (χ2n) is 3.82. The van der Waals surface area contributed by atoms with Gasteiger partial charge in [0, 0.05) is 26.8 Å². The van der Waals surface area contributed by atoms with Gasteiger partial charge in [-0.15, -0.1) is 11.3 Å². The molecule has 0 aliphatic rings. The van der Waals surface area contributed by atoms with Crippen LogP contribution in [-0.2, 0) is 0 Å². The van der Waals surface area contributed by atoms with Crippen LogP contribution in [0.4, 0.5) is 0 Å². The minimum atomic E-state index is 0.287. The summed E-state index contributed by atoms with van der Waals surface area (Å²) in [4.78, 5) is 2.64. The number of nitrogens with two attached hydrogens (primary N) is 1. The summed E-state index contributed by atoms with van der Waals surface area (Å²) < 4.78 is 1.19. The van der Waals surface area contributed by atoms with Crippen molar-refractivity contribution in [2.75, 3.05) is 6.54 Å². The Morgan fingerprint density at radius 3 is 2.67 bits per heavy atom. The lowest BCUT2D eigenvalue weighted by molar-refractivity contribution is 0.456. The summed E-state index contributed by atoms with van der Waals surface area (Å²) in [6.07, 6.45) is 1.13. The first kappa shape index (κ1) is 13.2. The van der Waals surface area contributed by atoms with Crippen molar-refractivity contribution >= 4 is 27.3 Å². The predicted molar refractivity (Wildman–Crippen MR) is 71.4 cm³/mol. The Labute approximate surface area is 104 Å². The van der Waals surface area contributed by atoms with Crippen LogP contribution in [0.3, 0.4) is 0 Å². The molecule has 2 unspecified atom stereocenters. The molecule has 0 bridgehead atoms. The molecule has 0 spiro atoms. The molecule has 0 saturated carbocycles. The van der Waals surface area contributed by atoms with E-state index in [1.807, 2.05) is 11.3 Å².